The van der Waals surface area contributed by atoms with Crippen LogP contribution in [0.2, 0.25) is 0 Å². The molecule has 0 unspecified atom stereocenters. The number of allylic oxidation sites excluding steroid dienone is 1. The number of hydrogen-bond donors (Lipinski definition) is 1. The standard InChI is InChI=1S/C18H15N3O3S/c1-11-15(17(23)20-12-6-3-2-4-7-12)16(13-8-5-9-24-13)21-14(22)10-25-18(21)19-11/h2-9,16H,10H2,1H3,(H,20,23)/t16-/m1/s1. The van der Waals surface area contributed by atoms with E-state index < -0.39 is 6.04 Å². The number of aliphatic imine (C=N–C) groups is 1. The zero-order chi connectivity index (χ0) is 17.4. The quantitative estimate of drug-likeness (QED) is 0.920. The first-order valence-electron chi connectivity index (χ1n) is 7.79. The Bertz CT molecular complexity index is 888. The van der Waals surface area contributed by atoms with Crippen LogP contribution in [0.4, 0.5) is 5.69 Å². The molecular formula is C18H15N3O3S. The number of benzene rings is 1. The molecular weight excluding hydrogens is 338 g/mol. The Morgan fingerprint density at radius 1 is 1.28 bits per heavy atom. The average Bonchev–Trinajstić information content (AvgIpc) is 3.25. The van der Waals surface area contributed by atoms with Crippen molar-refractivity contribution in [2.45, 2.75) is 13.0 Å². The van der Waals surface area contributed by atoms with Crippen LogP contribution in [-0.4, -0.2) is 27.6 Å². The van der Waals surface area contributed by atoms with Gasteiger partial charge in [-0.3, -0.25) is 14.5 Å². The summed E-state index contributed by atoms with van der Waals surface area (Å²) in [4.78, 5) is 31.3. The molecule has 126 valence electrons. The fourth-order valence-corrected chi connectivity index (χ4v) is 3.91. The second-order valence-electron chi connectivity index (χ2n) is 5.68. The molecule has 0 aliphatic carbocycles. The molecule has 0 saturated carbocycles. The lowest BCUT2D eigenvalue weighted by Crippen LogP contribution is -2.40. The summed E-state index contributed by atoms with van der Waals surface area (Å²) in [6.45, 7) is 1.78. The second-order valence-corrected chi connectivity index (χ2v) is 6.63. The summed E-state index contributed by atoms with van der Waals surface area (Å²) in [5.74, 6) is 0.484. The van der Waals surface area contributed by atoms with Crippen molar-refractivity contribution in [3.8, 4) is 0 Å². The third kappa shape index (κ3) is 2.76. The fourth-order valence-electron chi connectivity index (χ4n) is 2.97. The zero-order valence-corrected chi connectivity index (χ0v) is 14.2. The summed E-state index contributed by atoms with van der Waals surface area (Å²) in [6.07, 6.45) is 1.54. The molecule has 2 amide bonds. The first kappa shape index (κ1) is 15.7. The number of rotatable bonds is 3. The van der Waals surface area contributed by atoms with Crippen LogP contribution in [0, 0.1) is 0 Å². The van der Waals surface area contributed by atoms with E-state index >= 15 is 0 Å². The molecule has 0 radical (unpaired) electrons. The van der Waals surface area contributed by atoms with Gasteiger partial charge < -0.3 is 9.73 Å². The molecule has 2 aromatic rings. The summed E-state index contributed by atoms with van der Waals surface area (Å²) in [6, 6.07) is 12.1. The zero-order valence-electron chi connectivity index (χ0n) is 13.4. The molecule has 1 atom stereocenters. The molecule has 6 nitrogen and oxygen atoms in total. The number of amidine groups is 1. The van der Waals surface area contributed by atoms with Gasteiger partial charge in [-0.15, -0.1) is 0 Å². The van der Waals surface area contributed by atoms with E-state index in [1.165, 1.54) is 18.0 Å². The number of carbonyl (C=O) groups excluding carboxylic acids is 2. The van der Waals surface area contributed by atoms with Crippen LogP contribution in [0.5, 0.6) is 0 Å². The molecule has 7 heteroatoms. The van der Waals surface area contributed by atoms with E-state index in [0.717, 1.165) is 0 Å². The Labute approximate surface area is 148 Å². The van der Waals surface area contributed by atoms with Crippen molar-refractivity contribution in [3.63, 3.8) is 0 Å². The third-order valence-corrected chi connectivity index (χ3v) is 5.01. The summed E-state index contributed by atoms with van der Waals surface area (Å²) in [7, 11) is 0. The van der Waals surface area contributed by atoms with Gasteiger partial charge in [0.15, 0.2) is 5.17 Å². The van der Waals surface area contributed by atoms with E-state index in [1.807, 2.05) is 30.3 Å². The van der Waals surface area contributed by atoms with Crippen LogP contribution < -0.4 is 5.32 Å². The topological polar surface area (TPSA) is 74.9 Å². The monoisotopic (exact) mass is 353 g/mol. The normalized spacial score (nSPS) is 19.7. The number of furan rings is 1. The molecule has 4 rings (SSSR count). The van der Waals surface area contributed by atoms with Crippen LogP contribution >= 0.6 is 11.8 Å². The highest BCUT2D eigenvalue weighted by Crippen LogP contribution is 2.41. The molecule has 1 saturated heterocycles. The molecule has 1 fully saturated rings. The first-order chi connectivity index (χ1) is 12.1. The molecule has 0 spiro atoms. The molecule has 1 aromatic heterocycles. The van der Waals surface area contributed by atoms with Crippen molar-refractivity contribution in [1.82, 2.24) is 4.90 Å². The Balaban J connectivity index is 1.76. The van der Waals surface area contributed by atoms with Crippen molar-refractivity contribution in [2.24, 2.45) is 4.99 Å². The van der Waals surface area contributed by atoms with Gasteiger partial charge in [-0.1, -0.05) is 30.0 Å². The smallest absolute Gasteiger partial charge is 0.256 e. The lowest BCUT2D eigenvalue weighted by Gasteiger charge is -2.31. The van der Waals surface area contributed by atoms with Gasteiger partial charge in [0.2, 0.25) is 5.91 Å². The number of fused-ring (bicyclic) bond motifs is 1. The van der Waals surface area contributed by atoms with Crippen molar-refractivity contribution in [2.75, 3.05) is 11.1 Å². The highest BCUT2D eigenvalue weighted by Gasteiger charge is 2.44. The minimum atomic E-state index is -0.603. The Hall–Kier alpha value is -2.80. The SMILES string of the molecule is CC1=C(C(=O)Nc2ccccc2)[C@@H](c2ccco2)N2C(=O)CSC2=N1. The van der Waals surface area contributed by atoms with Crippen molar-refractivity contribution >= 4 is 34.4 Å². The van der Waals surface area contributed by atoms with Gasteiger partial charge in [0, 0.05) is 5.69 Å². The molecule has 1 aromatic carbocycles. The fraction of sp³-hybridized carbons (Fsp3) is 0.167. The van der Waals surface area contributed by atoms with Crippen LogP contribution in [0.25, 0.3) is 0 Å². The van der Waals surface area contributed by atoms with Crippen LogP contribution in [0.1, 0.15) is 18.7 Å². The van der Waals surface area contributed by atoms with E-state index in [0.29, 0.717) is 33.6 Å². The van der Waals surface area contributed by atoms with E-state index in [2.05, 4.69) is 10.3 Å². The van der Waals surface area contributed by atoms with Crippen LogP contribution in [-0.2, 0) is 9.59 Å². The molecule has 1 N–H and O–H groups in total. The van der Waals surface area contributed by atoms with E-state index in [9.17, 15) is 9.59 Å². The largest absolute Gasteiger partial charge is 0.467 e. The molecule has 3 heterocycles. The maximum atomic E-state index is 13.0. The van der Waals surface area contributed by atoms with Crippen LogP contribution in [0.3, 0.4) is 0 Å². The second kappa shape index (κ2) is 6.25. The van der Waals surface area contributed by atoms with Gasteiger partial charge in [-0.05, 0) is 31.2 Å². The number of carbonyl (C=O) groups is 2. The van der Waals surface area contributed by atoms with Crippen molar-refractivity contribution in [1.29, 1.82) is 0 Å². The number of nitrogens with zero attached hydrogens (tertiary/aromatic N) is 2. The highest BCUT2D eigenvalue weighted by atomic mass is 32.2. The van der Waals surface area contributed by atoms with Gasteiger partial charge >= 0.3 is 0 Å². The number of nitrogens with one attached hydrogen (secondary N) is 1. The van der Waals surface area contributed by atoms with E-state index in [-0.39, 0.29) is 11.8 Å². The maximum absolute atomic E-state index is 13.0. The number of hydrogen-bond acceptors (Lipinski definition) is 5. The minimum absolute atomic E-state index is 0.0809. The average molecular weight is 353 g/mol. The Kier molecular flexibility index (Phi) is 3.93. The summed E-state index contributed by atoms with van der Waals surface area (Å²) in [5.41, 5.74) is 1.68. The number of anilines is 1. The van der Waals surface area contributed by atoms with Gasteiger partial charge in [0.25, 0.3) is 5.91 Å². The van der Waals surface area contributed by atoms with Crippen molar-refractivity contribution < 1.29 is 14.0 Å². The predicted molar refractivity (Wildman–Crippen MR) is 96.0 cm³/mol. The Morgan fingerprint density at radius 2 is 2.08 bits per heavy atom. The lowest BCUT2D eigenvalue weighted by molar-refractivity contribution is -0.125. The number of para-hydroxylation sites is 1. The van der Waals surface area contributed by atoms with Gasteiger partial charge in [0.05, 0.1) is 23.3 Å². The van der Waals surface area contributed by atoms with Gasteiger partial charge in [-0.2, -0.15) is 0 Å². The van der Waals surface area contributed by atoms with Gasteiger partial charge in [-0.25, -0.2) is 4.99 Å². The maximum Gasteiger partial charge on any atom is 0.256 e. The highest BCUT2D eigenvalue weighted by molar-refractivity contribution is 8.15. The molecule has 2 aliphatic rings. The molecule has 2 aliphatic heterocycles. The number of amides is 2. The molecule has 0 bridgehead atoms. The van der Waals surface area contributed by atoms with Gasteiger partial charge in [0.1, 0.15) is 11.8 Å². The van der Waals surface area contributed by atoms with Crippen LogP contribution in [0.15, 0.2) is 69.4 Å². The predicted octanol–water partition coefficient (Wildman–Crippen LogP) is 3.18. The number of thioether (sulfide) groups is 1. The summed E-state index contributed by atoms with van der Waals surface area (Å²) >= 11 is 1.38. The first-order valence-corrected chi connectivity index (χ1v) is 8.78. The van der Waals surface area contributed by atoms with E-state index in [1.54, 1.807) is 24.0 Å². The van der Waals surface area contributed by atoms with Crippen molar-refractivity contribution in [3.05, 3.63) is 65.8 Å². The summed E-state index contributed by atoms with van der Waals surface area (Å²) < 4.78 is 5.54. The molecule has 25 heavy (non-hydrogen) atoms. The summed E-state index contributed by atoms with van der Waals surface area (Å²) in [5, 5.41) is 3.49. The minimum Gasteiger partial charge on any atom is -0.467 e. The Morgan fingerprint density at radius 3 is 2.80 bits per heavy atom. The lowest BCUT2D eigenvalue weighted by atomic mass is 9.98. The third-order valence-electron chi connectivity index (χ3n) is 4.07. The van der Waals surface area contributed by atoms with E-state index in [4.69, 9.17) is 4.42 Å².